The number of nitrogens with one attached hydrogen (secondary N) is 3. The van der Waals surface area contributed by atoms with Crippen LogP contribution in [0.5, 0.6) is 5.75 Å². The number of morpholine rings is 1. The molecule has 0 aromatic heterocycles. The van der Waals surface area contributed by atoms with Crippen LogP contribution in [0.4, 0.5) is 14.5 Å². The highest BCUT2D eigenvalue weighted by Crippen LogP contribution is 2.39. The summed E-state index contributed by atoms with van der Waals surface area (Å²) in [4.78, 5) is 29.1. The third-order valence-electron chi connectivity index (χ3n) is 8.19. The lowest BCUT2D eigenvalue weighted by Crippen LogP contribution is -2.37. The molecule has 1 aliphatic heterocycles. The Morgan fingerprint density at radius 2 is 1.72 bits per heavy atom. The largest absolute Gasteiger partial charge is 0.496 e. The minimum absolute atomic E-state index is 0.0272. The molecule has 0 radical (unpaired) electrons. The molecule has 0 unspecified atom stereocenters. The average molecular weight is 637 g/mol. The Balaban J connectivity index is 1.66. The van der Waals surface area contributed by atoms with Crippen molar-refractivity contribution in [2.24, 2.45) is 0 Å². The fraction of sp³-hybridized carbons (Fsp3) is 0.371. The summed E-state index contributed by atoms with van der Waals surface area (Å²) in [5.41, 5.74) is 6.35. The molecule has 11 heteroatoms. The highest BCUT2D eigenvalue weighted by Gasteiger charge is 2.29. The number of hydroxylamine groups is 1. The number of rotatable bonds is 12. The predicted molar refractivity (Wildman–Crippen MR) is 173 cm³/mol. The van der Waals surface area contributed by atoms with E-state index in [-0.39, 0.29) is 22.6 Å². The summed E-state index contributed by atoms with van der Waals surface area (Å²) in [5, 5.41) is 15.1. The van der Waals surface area contributed by atoms with Crippen molar-refractivity contribution in [1.82, 2.24) is 15.7 Å². The van der Waals surface area contributed by atoms with Gasteiger partial charge in [-0.15, -0.1) is 0 Å². The molecule has 1 fully saturated rings. The van der Waals surface area contributed by atoms with Gasteiger partial charge in [-0.3, -0.25) is 25.2 Å². The SMILES string of the molecule is CCC(F)(F)c1cccc(NC(=O)/C(NO)=C(\C)NC(=O)c2cc(CCN3CCOCC3)c(OC)c(-c3c(C)cccc3C)c2)c1. The maximum Gasteiger partial charge on any atom is 0.275 e. The molecule has 0 spiro atoms. The zero-order valence-corrected chi connectivity index (χ0v) is 26.9. The number of hydrogen-bond donors (Lipinski definition) is 4. The minimum atomic E-state index is -3.06. The Morgan fingerprint density at radius 1 is 1.04 bits per heavy atom. The number of anilines is 1. The van der Waals surface area contributed by atoms with Crippen molar-refractivity contribution in [3.63, 3.8) is 0 Å². The van der Waals surface area contributed by atoms with Gasteiger partial charge in [0.25, 0.3) is 17.7 Å². The van der Waals surface area contributed by atoms with Crippen molar-refractivity contribution in [3.8, 4) is 16.9 Å². The van der Waals surface area contributed by atoms with Crippen LogP contribution in [0, 0.1) is 13.8 Å². The summed E-state index contributed by atoms with van der Waals surface area (Å²) < 4.78 is 39.9. The molecule has 4 rings (SSSR count). The van der Waals surface area contributed by atoms with Gasteiger partial charge in [-0.1, -0.05) is 37.3 Å². The van der Waals surface area contributed by atoms with Crippen molar-refractivity contribution < 1.29 is 33.1 Å². The first-order chi connectivity index (χ1) is 22.0. The van der Waals surface area contributed by atoms with Crippen LogP contribution in [-0.4, -0.2) is 61.9 Å². The number of amides is 2. The number of halogens is 2. The molecule has 3 aromatic carbocycles. The van der Waals surface area contributed by atoms with E-state index in [1.807, 2.05) is 37.5 Å². The van der Waals surface area contributed by atoms with Crippen LogP contribution in [0.2, 0.25) is 0 Å². The smallest absolute Gasteiger partial charge is 0.275 e. The van der Waals surface area contributed by atoms with E-state index in [2.05, 4.69) is 15.5 Å². The van der Waals surface area contributed by atoms with Gasteiger partial charge in [-0.2, -0.15) is 0 Å². The molecule has 0 atom stereocenters. The van der Waals surface area contributed by atoms with Gasteiger partial charge in [0.15, 0.2) is 0 Å². The lowest BCUT2D eigenvalue weighted by atomic mass is 9.91. The molecule has 2 amide bonds. The third-order valence-corrected chi connectivity index (χ3v) is 8.19. The average Bonchev–Trinajstić information content (AvgIpc) is 3.04. The number of benzene rings is 3. The normalized spacial score (nSPS) is 14.3. The van der Waals surface area contributed by atoms with Crippen LogP contribution in [-0.2, 0) is 21.9 Å². The number of nitrogens with zero attached hydrogens (tertiary/aromatic N) is 1. The number of carbonyl (C=O) groups excluding carboxylic acids is 2. The summed E-state index contributed by atoms with van der Waals surface area (Å²) in [6, 6.07) is 14.9. The fourth-order valence-corrected chi connectivity index (χ4v) is 5.61. The van der Waals surface area contributed by atoms with Gasteiger partial charge in [0.2, 0.25) is 0 Å². The summed E-state index contributed by atoms with van der Waals surface area (Å²) >= 11 is 0. The third kappa shape index (κ3) is 8.09. The van der Waals surface area contributed by atoms with E-state index in [0.29, 0.717) is 30.9 Å². The van der Waals surface area contributed by atoms with Crippen molar-refractivity contribution >= 4 is 17.5 Å². The molecule has 0 aliphatic carbocycles. The summed E-state index contributed by atoms with van der Waals surface area (Å²) in [7, 11) is 1.62. The van der Waals surface area contributed by atoms with Gasteiger partial charge in [0.1, 0.15) is 11.4 Å². The fourth-order valence-electron chi connectivity index (χ4n) is 5.61. The van der Waals surface area contributed by atoms with Gasteiger partial charge < -0.3 is 20.1 Å². The first kappa shape index (κ1) is 34.6. The Labute approximate surface area is 268 Å². The Morgan fingerprint density at radius 3 is 2.35 bits per heavy atom. The van der Waals surface area contributed by atoms with Crippen molar-refractivity contribution in [1.29, 1.82) is 0 Å². The second kappa shape index (κ2) is 15.3. The van der Waals surface area contributed by atoms with Crippen LogP contribution >= 0.6 is 0 Å². The van der Waals surface area contributed by atoms with Crippen molar-refractivity contribution in [2.45, 2.75) is 46.5 Å². The summed E-state index contributed by atoms with van der Waals surface area (Å²) in [6.07, 6.45) is 0.226. The van der Waals surface area contributed by atoms with Crippen LogP contribution in [0.15, 0.2) is 66.0 Å². The predicted octanol–water partition coefficient (Wildman–Crippen LogP) is 5.93. The van der Waals surface area contributed by atoms with Gasteiger partial charge >= 0.3 is 0 Å². The number of allylic oxidation sites excluding steroid dienone is 1. The molecule has 1 heterocycles. The second-order valence-corrected chi connectivity index (χ2v) is 11.3. The van der Waals surface area contributed by atoms with Crippen molar-refractivity contribution in [2.75, 3.05) is 45.3 Å². The van der Waals surface area contributed by atoms with E-state index in [1.54, 1.807) is 19.2 Å². The first-order valence-electron chi connectivity index (χ1n) is 15.3. The number of aryl methyl sites for hydroxylation is 2. The lowest BCUT2D eigenvalue weighted by molar-refractivity contribution is -0.114. The van der Waals surface area contributed by atoms with Gasteiger partial charge in [0.05, 0.1) is 20.3 Å². The number of ether oxygens (including phenoxy) is 2. The quantitative estimate of drug-likeness (QED) is 0.144. The molecule has 246 valence electrons. The second-order valence-electron chi connectivity index (χ2n) is 11.3. The topological polar surface area (TPSA) is 112 Å². The van der Waals surface area contributed by atoms with E-state index in [4.69, 9.17) is 9.47 Å². The van der Waals surface area contributed by atoms with Crippen LogP contribution in [0.3, 0.4) is 0 Å². The maximum absolute atomic E-state index is 14.2. The van der Waals surface area contributed by atoms with Crippen LogP contribution < -0.4 is 20.9 Å². The number of carbonyl (C=O) groups is 2. The molecule has 1 aliphatic rings. The van der Waals surface area contributed by atoms with Gasteiger partial charge in [-0.05, 0) is 73.7 Å². The zero-order chi connectivity index (χ0) is 33.4. The maximum atomic E-state index is 14.2. The van der Waals surface area contributed by atoms with E-state index in [0.717, 1.165) is 47.5 Å². The molecule has 1 saturated heterocycles. The van der Waals surface area contributed by atoms with Crippen LogP contribution in [0.25, 0.3) is 11.1 Å². The first-order valence-corrected chi connectivity index (χ1v) is 15.3. The molecule has 3 aromatic rings. The molecule has 4 N–H and O–H groups in total. The van der Waals surface area contributed by atoms with Crippen molar-refractivity contribution in [3.05, 3.63) is 93.8 Å². The van der Waals surface area contributed by atoms with Gasteiger partial charge in [0, 0.05) is 54.1 Å². The molecule has 0 saturated carbocycles. The molecular formula is C35H42F2N4O5. The van der Waals surface area contributed by atoms with Crippen LogP contribution in [0.1, 0.15) is 52.9 Å². The molecule has 9 nitrogen and oxygen atoms in total. The Bertz CT molecular complexity index is 1580. The number of alkyl halides is 2. The molecular weight excluding hydrogens is 594 g/mol. The van der Waals surface area contributed by atoms with Gasteiger partial charge in [-0.25, -0.2) is 8.78 Å². The Hall–Kier alpha value is -4.32. The van der Waals surface area contributed by atoms with E-state index in [9.17, 15) is 23.6 Å². The van der Waals surface area contributed by atoms with E-state index in [1.165, 1.54) is 38.1 Å². The zero-order valence-electron chi connectivity index (χ0n) is 26.9. The number of hydrogen-bond acceptors (Lipinski definition) is 7. The highest BCUT2D eigenvalue weighted by atomic mass is 19.3. The highest BCUT2D eigenvalue weighted by molar-refractivity contribution is 6.05. The standard InChI is InChI=1S/C35H42F2N4O5/c1-6-35(36,37)27-11-8-12-28(21-27)39-34(43)31(40-44)24(4)38-33(42)26-19-25(13-14-41-15-17-46-18-16-41)32(45-5)29(20-26)30-22(2)9-7-10-23(30)3/h7-12,19-21,40,44H,6,13-18H2,1-5H3,(H,38,42)(H,39,43)/b31-24-. The Kier molecular flexibility index (Phi) is 11.5. The van der Waals surface area contributed by atoms with E-state index < -0.39 is 24.2 Å². The lowest BCUT2D eigenvalue weighted by Gasteiger charge is -2.27. The molecule has 46 heavy (non-hydrogen) atoms. The summed E-state index contributed by atoms with van der Waals surface area (Å²) in [6.45, 7) is 10.6. The minimum Gasteiger partial charge on any atom is -0.496 e. The number of methoxy groups -OCH3 is 1. The monoisotopic (exact) mass is 636 g/mol. The summed E-state index contributed by atoms with van der Waals surface area (Å²) in [5.74, 6) is -3.71. The molecule has 0 bridgehead atoms. The van der Waals surface area contributed by atoms with E-state index >= 15 is 0 Å².